The van der Waals surface area contributed by atoms with Crippen molar-refractivity contribution in [1.82, 2.24) is 9.88 Å². The number of rotatable bonds is 5. The van der Waals surface area contributed by atoms with Gasteiger partial charge >= 0.3 is 0 Å². The van der Waals surface area contributed by atoms with Crippen LogP contribution in [0.15, 0.2) is 29.6 Å². The molecule has 26 heavy (non-hydrogen) atoms. The highest BCUT2D eigenvalue weighted by atomic mass is 32.1. The van der Waals surface area contributed by atoms with Gasteiger partial charge in [0.15, 0.2) is 5.13 Å². The molecule has 2 heterocycles. The number of ether oxygens (including phenoxy) is 1. The van der Waals surface area contributed by atoms with Gasteiger partial charge in [-0.2, -0.15) is 0 Å². The summed E-state index contributed by atoms with van der Waals surface area (Å²) in [7, 11) is 0. The Morgan fingerprint density at radius 3 is 2.46 bits per heavy atom. The molecule has 1 aromatic heterocycles. The van der Waals surface area contributed by atoms with E-state index in [9.17, 15) is 9.59 Å². The van der Waals surface area contributed by atoms with Gasteiger partial charge in [-0.1, -0.05) is 0 Å². The molecule has 7 nitrogen and oxygen atoms in total. The Hall–Kier alpha value is -2.29. The van der Waals surface area contributed by atoms with Crippen molar-refractivity contribution in [2.75, 3.05) is 18.4 Å². The van der Waals surface area contributed by atoms with E-state index in [1.54, 1.807) is 12.1 Å². The van der Waals surface area contributed by atoms with E-state index in [0.717, 1.165) is 25.3 Å². The first-order valence-electron chi connectivity index (χ1n) is 8.44. The second-order valence-electron chi connectivity index (χ2n) is 6.49. The second-order valence-corrected chi connectivity index (χ2v) is 7.35. The monoisotopic (exact) mass is 374 g/mol. The molecule has 2 aromatic rings. The van der Waals surface area contributed by atoms with E-state index in [1.165, 1.54) is 23.5 Å². The maximum atomic E-state index is 12.3. The van der Waals surface area contributed by atoms with E-state index < -0.39 is 5.91 Å². The summed E-state index contributed by atoms with van der Waals surface area (Å²) in [5.74, 6) is -0.788. The largest absolute Gasteiger partial charge is 0.373 e. The van der Waals surface area contributed by atoms with Gasteiger partial charge in [-0.3, -0.25) is 19.8 Å². The van der Waals surface area contributed by atoms with E-state index in [4.69, 9.17) is 10.5 Å². The fourth-order valence-electron chi connectivity index (χ4n) is 3.03. The van der Waals surface area contributed by atoms with Crippen molar-refractivity contribution >= 4 is 28.3 Å². The highest BCUT2D eigenvalue weighted by Crippen LogP contribution is 2.20. The molecule has 138 valence electrons. The Morgan fingerprint density at radius 2 is 1.85 bits per heavy atom. The summed E-state index contributed by atoms with van der Waals surface area (Å²) in [5, 5.41) is 5.30. The Balaban J connectivity index is 1.59. The summed E-state index contributed by atoms with van der Waals surface area (Å²) in [6.07, 6.45) is 0.417. The lowest BCUT2D eigenvalue weighted by Gasteiger charge is -2.34. The number of nitrogens with one attached hydrogen (secondary N) is 1. The van der Waals surface area contributed by atoms with Crippen molar-refractivity contribution < 1.29 is 14.3 Å². The first-order valence-corrected chi connectivity index (χ1v) is 9.32. The summed E-state index contributed by atoms with van der Waals surface area (Å²) >= 11 is 1.40. The molecule has 8 heteroatoms. The molecule has 2 amide bonds. The van der Waals surface area contributed by atoms with Gasteiger partial charge in [0.1, 0.15) is 0 Å². The lowest BCUT2D eigenvalue weighted by Crippen LogP contribution is -2.44. The predicted molar refractivity (Wildman–Crippen MR) is 100 cm³/mol. The summed E-state index contributed by atoms with van der Waals surface area (Å²) in [6.45, 7) is 6.61. The number of benzene rings is 1. The third kappa shape index (κ3) is 4.66. The van der Waals surface area contributed by atoms with Crippen molar-refractivity contribution in [3.8, 4) is 0 Å². The first-order chi connectivity index (χ1) is 12.4. The number of carbonyl (C=O) groups is 2. The zero-order valence-corrected chi connectivity index (χ0v) is 15.6. The van der Waals surface area contributed by atoms with Crippen LogP contribution in [0.3, 0.4) is 0 Å². The van der Waals surface area contributed by atoms with Crippen molar-refractivity contribution in [2.24, 2.45) is 5.73 Å². The number of nitrogens with zero attached hydrogens (tertiary/aromatic N) is 2. The lowest BCUT2D eigenvalue weighted by molar-refractivity contribution is -0.0707. The average molecular weight is 374 g/mol. The number of thiazole rings is 1. The smallest absolute Gasteiger partial charge is 0.257 e. The first kappa shape index (κ1) is 18.5. The Labute approximate surface area is 156 Å². The molecule has 3 N–H and O–H groups in total. The predicted octanol–water partition coefficient (Wildman–Crippen LogP) is 2.10. The van der Waals surface area contributed by atoms with Gasteiger partial charge in [0.2, 0.25) is 5.91 Å². The van der Waals surface area contributed by atoms with Gasteiger partial charge < -0.3 is 10.5 Å². The SMILES string of the molecule is CC1CN(Cc2csc(NC(=O)c3ccc(C(N)=O)cc3)n2)CC(C)O1. The number of amides is 2. The number of hydrogen-bond acceptors (Lipinski definition) is 6. The van der Waals surface area contributed by atoms with Crippen LogP contribution in [0, 0.1) is 0 Å². The third-order valence-electron chi connectivity index (χ3n) is 4.08. The molecule has 1 aliphatic rings. The van der Waals surface area contributed by atoms with Crippen LogP contribution in [-0.2, 0) is 11.3 Å². The van der Waals surface area contributed by atoms with E-state index in [-0.39, 0.29) is 18.1 Å². The summed E-state index contributed by atoms with van der Waals surface area (Å²) in [6, 6.07) is 6.21. The number of morpholine rings is 1. The third-order valence-corrected chi connectivity index (χ3v) is 4.89. The Morgan fingerprint density at radius 1 is 1.23 bits per heavy atom. The van der Waals surface area contributed by atoms with Crippen molar-refractivity contribution in [1.29, 1.82) is 0 Å². The number of carbonyl (C=O) groups excluding carboxylic acids is 2. The molecule has 0 bridgehead atoms. The Bertz CT molecular complexity index is 780. The molecule has 0 radical (unpaired) electrons. The van der Waals surface area contributed by atoms with Crippen molar-refractivity contribution in [3.05, 3.63) is 46.5 Å². The van der Waals surface area contributed by atoms with Crippen LogP contribution in [0.4, 0.5) is 5.13 Å². The standard InChI is InChI=1S/C18H22N4O3S/c1-11-7-22(8-12(2)25-11)9-15-10-26-18(20-15)21-17(24)14-5-3-13(4-6-14)16(19)23/h3-6,10-12H,7-9H2,1-2H3,(H2,19,23)(H,20,21,24). The zero-order chi connectivity index (χ0) is 18.7. The van der Waals surface area contributed by atoms with Crippen LogP contribution in [0.1, 0.15) is 40.3 Å². The molecule has 2 atom stereocenters. The molecule has 1 aliphatic heterocycles. The average Bonchev–Trinajstić information content (AvgIpc) is 3.00. The second kappa shape index (κ2) is 7.94. The van der Waals surface area contributed by atoms with Crippen LogP contribution in [0.2, 0.25) is 0 Å². The maximum absolute atomic E-state index is 12.3. The normalized spacial score (nSPS) is 20.7. The van der Waals surface area contributed by atoms with Gasteiger partial charge in [0, 0.05) is 36.1 Å². The van der Waals surface area contributed by atoms with Crippen LogP contribution in [0.25, 0.3) is 0 Å². The number of anilines is 1. The van der Waals surface area contributed by atoms with E-state index in [1.807, 2.05) is 5.38 Å². The van der Waals surface area contributed by atoms with Gasteiger partial charge in [-0.25, -0.2) is 4.98 Å². The zero-order valence-electron chi connectivity index (χ0n) is 14.8. The number of primary amides is 1. The Kier molecular flexibility index (Phi) is 5.65. The molecule has 2 unspecified atom stereocenters. The fourth-order valence-corrected chi connectivity index (χ4v) is 3.73. The highest BCUT2D eigenvalue weighted by molar-refractivity contribution is 7.13. The van der Waals surface area contributed by atoms with Gasteiger partial charge in [0.25, 0.3) is 5.91 Å². The molecule has 3 rings (SSSR count). The van der Waals surface area contributed by atoms with Crippen LogP contribution in [-0.4, -0.2) is 47.0 Å². The van der Waals surface area contributed by atoms with Crippen LogP contribution in [0.5, 0.6) is 0 Å². The number of aromatic nitrogens is 1. The minimum atomic E-state index is -0.520. The molecule has 0 saturated carbocycles. The topological polar surface area (TPSA) is 97.6 Å². The lowest BCUT2D eigenvalue weighted by atomic mass is 10.1. The van der Waals surface area contributed by atoms with Crippen LogP contribution < -0.4 is 11.1 Å². The molecule has 0 aliphatic carbocycles. The highest BCUT2D eigenvalue weighted by Gasteiger charge is 2.22. The van der Waals surface area contributed by atoms with Crippen LogP contribution >= 0.6 is 11.3 Å². The summed E-state index contributed by atoms with van der Waals surface area (Å²) < 4.78 is 5.74. The minimum Gasteiger partial charge on any atom is -0.373 e. The van der Waals surface area contributed by atoms with Gasteiger partial charge in [-0.05, 0) is 38.1 Å². The van der Waals surface area contributed by atoms with E-state index in [0.29, 0.717) is 16.3 Å². The van der Waals surface area contributed by atoms with Crippen molar-refractivity contribution in [2.45, 2.75) is 32.6 Å². The molecule has 0 spiro atoms. The molecular weight excluding hydrogens is 352 g/mol. The maximum Gasteiger partial charge on any atom is 0.257 e. The fraction of sp³-hybridized carbons (Fsp3) is 0.389. The quantitative estimate of drug-likeness (QED) is 0.835. The molecular formula is C18H22N4O3S. The number of nitrogens with two attached hydrogens (primary N) is 1. The molecule has 1 fully saturated rings. The molecule has 1 aromatic carbocycles. The van der Waals surface area contributed by atoms with E-state index >= 15 is 0 Å². The van der Waals surface area contributed by atoms with Gasteiger partial charge in [-0.15, -0.1) is 11.3 Å². The van der Waals surface area contributed by atoms with Gasteiger partial charge in [0.05, 0.1) is 17.9 Å². The minimum absolute atomic E-state index is 0.208. The number of hydrogen-bond donors (Lipinski definition) is 2. The van der Waals surface area contributed by atoms with Crippen molar-refractivity contribution in [3.63, 3.8) is 0 Å². The van der Waals surface area contributed by atoms with E-state index in [2.05, 4.69) is 29.0 Å². The summed E-state index contributed by atoms with van der Waals surface area (Å²) in [4.78, 5) is 30.2. The summed E-state index contributed by atoms with van der Waals surface area (Å²) in [5.41, 5.74) is 6.94. The molecule has 1 saturated heterocycles.